The lowest BCUT2D eigenvalue weighted by molar-refractivity contribution is 0.0697. The van der Waals surface area contributed by atoms with E-state index in [0.29, 0.717) is 18.7 Å². The molecule has 1 aromatic heterocycles. The quantitative estimate of drug-likeness (QED) is 0.728. The van der Waals surface area contributed by atoms with Gasteiger partial charge in [-0.05, 0) is 49.7 Å². The highest BCUT2D eigenvalue weighted by molar-refractivity contribution is 5.95. The Balaban J connectivity index is 2.50. The summed E-state index contributed by atoms with van der Waals surface area (Å²) in [5.41, 5.74) is 13.6. The minimum atomic E-state index is -0.907. The molecule has 1 aromatic carbocycles. The predicted molar refractivity (Wildman–Crippen MR) is 75.3 cm³/mol. The molecule has 0 aliphatic heterocycles. The van der Waals surface area contributed by atoms with Crippen LogP contribution in [0.3, 0.4) is 0 Å². The van der Waals surface area contributed by atoms with Gasteiger partial charge in [-0.15, -0.1) is 0 Å². The Morgan fingerprint density at radius 2 is 2.05 bits per heavy atom. The number of hydrogen-bond acceptors (Lipinski definition) is 3. The third kappa shape index (κ3) is 2.77. The van der Waals surface area contributed by atoms with Crippen molar-refractivity contribution < 1.29 is 9.90 Å². The van der Waals surface area contributed by atoms with Crippen molar-refractivity contribution in [2.75, 3.05) is 13.1 Å². The van der Waals surface area contributed by atoms with E-state index < -0.39 is 5.97 Å². The maximum absolute atomic E-state index is 11.0. The summed E-state index contributed by atoms with van der Waals surface area (Å²) in [4.78, 5) is 11.0. The van der Waals surface area contributed by atoms with E-state index in [4.69, 9.17) is 16.6 Å². The van der Waals surface area contributed by atoms with Gasteiger partial charge in [0.05, 0.1) is 5.56 Å². The zero-order valence-corrected chi connectivity index (χ0v) is 10.8. The second-order valence-corrected chi connectivity index (χ2v) is 4.57. The first-order valence-corrected chi connectivity index (χ1v) is 6.42. The van der Waals surface area contributed by atoms with Crippen LogP contribution in [0, 0.1) is 0 Å². The van der Waals surface area contributed by atoms with E-state index in [1.807, 2.05) is 6.07 Å². The number of benzene rings is 1. The summed E-state index contributed by atoms with van der Waals surface area (Å²) < 4.78 is 2.12. The van der Waals surface area contributed by atoms with Crippen molar-refractivity contribution >= 4 is 16.9 Å². The predicted octanol–water partition coefficient (Wildman–Crippen LogP) is 1.19. The van der Waals surface area contributed by atoms with Crippen LogP contribution >= 0.6 is 0 Å². The summed E-state index contributed by atoms with van der Waals surface area (Å²) in [5.74, 6) is -0.907. The van der Waals surface area contributed by atoms with E-state index in [0.717, 1.165) is 35.9 Å². The molecule has 0 atom stereocenters. The van der Waals surface area contributed by atoms with E-state index >= 15 is 0 Å². The van der Waals surface area contributed by atoms with Gasteiger partial charge in [0.2, 0.25) is 0 Å². The average Bonchev–Trinajstić information content (AvgIpc) is 2.74. The second kappa shape index (κ2) is 5.86. The standard InChI is InChI=1S/C14H19N3O2/c15-5-1-7-17-9-11(4-6-16)12-8-10(14(18)19)2-3-13(12)17/h2-3,8-9H,1,4-7,15-16H2,(H,18,19). The molecule has 0 aliphatic rings. The van der Waals surface area contributed by atoms with Gasteiger partial charge < -0.3 is 21.1 Å². The Morgan fingerprint density at radius 1 is 1.26 bits per heavy atom. The smallest absolute Gasteiger partial charge is 0.335 e. The third-order valence-electron chi connectivity index (χ3n) is 3.23. The molecule has 1 heterocycles. The van der Waals surface area contributed by atoms with Crippen LogP contribution in [0.4, 0.5) is 0 Å². The number of hydrogen-bond donors (Lipinski definition) is 3. The number of aryl methyl sites for hydroxylation is 1. The van der Waals surface area contributed by atoms with Gasteiger partial charge in [0.25, 0.3) is 0 Å². The van der Waals surface area contributed by atoms with Gasteiger partial charge in [-0.3, -0.25) is 0 Å². The van der Waals surface area contributed by atoms with Crippen molar-refractivity contribution in [2.24, 2.45) is 11.5 Å². The lowest BCUT2D eigenvalue weighted by Gasteiger charge is -2.04. The van der Waals surface area contributed by atoms with E-state index in [1.54, 1.807) is 12.1 Å². The summed E-state index contributed by atoms with van der Waals surface area (Å²) >= 11 is 0. The van der Waals surface area contributed by atoms with Crippen LogP contribution in [0.2, 0.25) is 0 Å². The normalized spacial score (nSPS) is 11.1. The highest BCUT2D eigenvalue weighted by Gasteiger charge is 2.11. The molecule has 5 N–H and O–H groups in total. The summed E-state index contributed by atoms with van der Waals surface area (Å²) in [6.07, 6.45) is 3.69. The molecule has 2 rings (SSSR count). The molecule has 0 radical (unpaired) electrons. The molecule has 0 saturated carbocycles. The number of aromatic carboxylic acids is 1. The van der Waals surface area contributed by atoms with Crippen molar-refractivity contribution in [3.8, 4) is 0 Å². The molecule has 0 aliphatic carbocycles. The van der Waals surface area contributed by atoms with E-state index in [2.05, 4.69) is 10.8 Å². The SMILES string of the molecule is NCCCn1cc(CCN)c2cc(C(=O)O)ccc21. The van der Waals surface area contributed by atoms with Crippen molar-refractivity contribution in [3.63, 3.8) is 0 Å². The number of carboxylic acid groups (broad SMARTS) is 1. The number of rotatable bonds is 6. The van der Waals surface area contributed by atoms with E-state index in [9.17, 15) is 4.79 Å². The van der Waals surface area contributed by atoms with Crippen LogP contribution in [0.1, 0.15) is 22.3 Å². The molecule has 102 valence electrons. The lowest BCUT2D eigenvalue weighted by Crippen LogP contribution is -2.05. The van der Waals surface area contributed by atoms with Crippen LogP contribution < -0.4 is 11.5 Å². The minimum Gasteiger partial charge on any atom is -0.478 e. The van der Waals surface area contributed by atoms with Crippen LogP contribution in [0.25, 0.3) is 10.9 Å². The zero-order chi connectivity index (χ0) is 13.8. The van der Waals surface area contributed by atoms with Crippen LogP contribution in [-0.2, 0) is 13.0 Å². The van der Waals surface area contributed by atoms with Gasteiger partial charge in [0.15, 0.2) is 0 Å². The zero-order valence-electron chi connectivity index (χ0n) is 10.8. The number of fused-ring (bicyclic) bond motifs is 1. The fourth-order valence-corrected chi connectivity index (χ4v) is 2.31. The third-order valence-corrected chi connectivity index (χ3v) is 3.23. The Labute approximate surface area is 111 Å². The van der Waals surface area contributed by atoms with Gasteiger partial charge in [0.1, 0.15) is 0 Å². The Hall–Kier alpha value is -1.85. The maximum Gasteiger partial charge on any atom is 0.335 e. The second-order valence-electron chi connectivity index (χ2n) is 4.57. The van der Waals surface area contributed by atoms with Crippen LogP contribution in [0.5, 0.6) is 0 Å². The highest BCUT2D eigenvalue weighted by Crippen LogP contribution is 2.23. The van der Waals surface area contributed by atoms with E-state index in [1.165, 1.54) is 0 Å². The molecule has 5 nitrogen and oxygen atoms in total. The van der Waals surface area contributed by atoms with Gasteiger partial charge in [0, 0.05) is 23.6 Å². The van der Waals surface area contributed by atoms with Crippen molar-refractivity contribution in [2.45, 2.75) is 19.4 Å². The summed E-state index contributed by atoms with van der Waals surface area (Å²) in [6, 6.07) is 5.22. The summed E-state index contributed by atoms with van der Waals surface area (Å²) in [6.45, 7) is 2.02. The molecule has 19 heavy (non-hydrogen) atoms. The van der Waals surface area contributed by atoms with E-state index in [-0.39, 0.29) is 0 Å². The van der Waals surface area contributed by atoms with Crippen molar-refractivity contribution in [1.29, 1.82) is 0 Å². The largest absolute Gasteiger partial charge is 0.478 e. The number of nitrogens with zero attached hydrogens (tertiary/aromatic N) is 1. The first-order chi connectivity index (χ1) is 9.17. The molecule has 0 saturated heterocycles. The fraction of sp³-hybridized carbons (Fsp3) is 0.357. The summed E-state index contributed by atoms with van der Waals surface area (Å²) in [7, 11) is 0. The first kappa shape index (κ1) is 13.6. The highest BCUT2D eigenvalue weighted by atomic mass is 16.4. The molecule has 2 aromatic rings. The van der Waals surface area contributed by atoms with Gasteiger partial charge in [-0.2, -0.15) is 0 Å². The van der Waals surface area contributed by atoms with Crippen LogP contribution in [0.15, 0.2) is 24.4 Å². The lowest BCUT2D eigenvalue weighted by atomic mass is 10.1. The van der Waals surface area contributed by atoms with Crippen LogP contribution in [-0.4, -0.2) is 28.7 Å². The minimum absolute atomic E-state index is 0.308. The molecule has 0 bridgehead atoms. The molecule has 0 fully saturated rings. The molecule has 5 heteroatoms. The van der Waals surface area contributed by atoms with Gasteiger partial charge in [-0.25, -0.2) is 4.79 Å². The number of aromatic nitrogens is 1. The molecule has 0 unspecified atom stereocenters. The Morgan fingerprint density at radius 3 is 2.68 bits per heavy atom. The van der Waals surface area contributed by atoms with Gasteiger partial charge in [-0.1, -0.05) is 0 Å². The number of nitrogens with two attached hydrogens (primary N) is 2. The maximum atomic E-state index is 11.0. The number of carboxylic acids is 1. The fourth-order valence-electron chi connectivity index (χ4n) is 2.31. The van der Waals surface area contributed by atoms with Crippen molar-refractivity contribution in [1.82, 2.24) is 4.57 Å². The van der Waals surface area contributed by atoms with Crippen molar-refractivity contribution in [3.05, 3.63) is 35.5 Å². The molecule has 0 amide bonds. The first-order valence-electron chi connectivity index (χ1n) is 6.42. The average molecular weight is 261 g/mol. The summed E-state index contributed by atoms with van der Waals surface area (Å²) in [5, 5.41) is 10.0. The monoisotopic (exact) mass is 261 g/mol. The van der Waals surface area contributed by atoms with Gasteiger partial charge >= 0.3 is 5.97 Å². The number of carbonyl (C=O) groups is 1. The Kier molecular flexibility index (Phi) is 4.19. The Bertz CT molecular complexity index is 590. The topological polar surface area (TPSA) is 94.3 Å². The molecular formula is C14H19N3O2. The molecular weight excluding hydrogens is 242 g/mol. The molecule has 0 spiro atoms.